The van der Waals surface area contributed by atoms with Crippen molar-refractivity contribution in [1.29, 1.82) is 0 Å². The van der Waals surface area contributed by atoms with Gasteiger partial charge in [-0.15, -0.1) is 0 Å². The fourth-order valence-corrected chi connectivity index (χ4v) is 1.75. The van der Waals surface area contributed by atoms with Gasteiger partial charge in [0.1, 0.15) is 0 Å². The second-order valence-electron chi connectivity index (χ2n) is 3.21. The third kappa shape index (κ3) is 6.73. The van der Waals surface area contributed by atoms with E-state index in [9.17, 15) is 14.4 Å². The maximum atomic E-state index is 11.7. The van der Waals surface area contributed by atoms with Gasteiger partial charge in [-0.3, -0.25) is 9.59 Å². The zero-order valence-electron chi connectivity index (χ0n) is 9.85. The smallest absolute Gasteiger partial charge is 0.318 e. The zero-order valence-corrected chi connectivity index (χ0v) is 11.5. The summed E-state index contributed by atoms with van der Waals surface area (Å²) in [6, 6.07) is -0.206. The van der Waals surface area contributed by atoms with Crippen LogP contribution in [0.25, 0.3) is 0 Å². The van der Waals surface area contributed by atoms with Gasteiger partial charge in [0.05, 0.1) is 11.8 Å². The van der Waals surface area contributed by atoms with Gasteiger partial charge in [0.2, 0.25) is 0 Å². The summed E-state index contributed by atoms with van der Waals surface area (Å²) in [7, 11) is 3.24. The standard InChI is InChI=1S/C9H16N2O3S2/c1-7(12)15-5-10(3)9(14)11(4)6-16-8(2)13/h5-6H2,1-4H3. The van der Waals surface area contributed by atoms with E-state index in [0.717, 1.165) is 23.5 Å². The van der Waals surface area contributed by atoms with Gasteiger partial charge in [-0.2, -0.15) is 0 Å². The predicted octanol–water partition coefficient (Wildman–Crippen LogP) is 1.44. The number of nitrogens with zero attached hydrogens (tertiary/aromatic N) is 2. The van der Waals surface area contributed by atoms with Gasteiger partial charge in [-0.25, -0.2) is 4.79 Å². The molecule has 0 aromatic carbocycles. The topological polar surface area (TPSA) is 57.7 Å². The third-order valence-electron chi connectivity index (χ3n) is 1.58. The molecule has 5 nitrogen and oxygen atoms in total. The Labute approximate surface area is 104 Å². The highest BCUT2D eigenvalue weighted by Crippen LogP contribution is 2.08. The van der Waals surface area contributed by atoms with Crippen molar-refractivity contribution in [3.8, 4) is 0 Å². The Kier molecular flexibility index (Phi) is 7.24. The minimum Gasteiger partial charge on any atom is -0.318 e. The predicted molar refractivity (Wildman–Crippen MR) is 67.2 cm³/mol. The van der Waals surface area contributed by atoms with Crippen molar-refractivity contribution < 1.29 is 14.4 Å². The summed E-state index contributed by atoms with van der Waals surface area (Å²) in [6.07, 6.45) is 0. The molecule has 0 aromatic rings. The zero-order chi connectivity index (χ0) is 12.7. The Morgan fingerprint density at radius 2 is 1.19 bits per heavy atom. The molecule has 0 atom stereocenters. The highest BCUT2D eigenvalue weighted by atomic mass is 32.2. The molecule has 0 rings (SSSR count). The van der Waals surface area contributed by atoms with Gasteiger partial charge >= 0.3 is 6.03 Å². The molecule has 0 aliphatic rings. The molecular weight excluding hydrogens is 248 g/mol. The van der Waals surface area contributed by atoms with Crippen molar-refractivity contribution in [3.05, 3.63) is 0 Å². The minimum absolute atomic E-state index is 0.0274. The van der Waals surface area contributed by atoms with Crippen LogP contribution in [0.15, 0.2) is 0 Å². The molecule has 0 spiro atoms. The fourth-order valence-electron chi connectivity index (χ4n) is 0.777. The second-order valence-corrected chi connectivity index (χ2v) is 5.45. The number of carbonyl (C=O) groups is 3. The lowest BCUT2D eigenvalue weighted by Gasteiger charge is -2.23. The average molecular weight is 264 g/mol. The van der Waals surface area contributed by atoms with E-state index >= 15 is 0 Å². The number of urea groups is 1. The van der Waals surface area contributed by atoms with Crippen LogP contribution in [0.3, 0.4) is 0 Å². The quantitative estimate of drug-likeness (QED) is 0.719. The highest BCUT2D eigenvalue weighted by molar-refractivity contribution is 8.13. The van der Waals surface area contributed by atoms with Crippen molar-refractivity contribution in [1.82, 2.24) is 9.80 Å². The number of carbonyl (C=O) groups excluding carboxylic acids is 3. The first-order valence-corrected chi connectivity index (χ1v) is 6.54. The molecule has 0 radical (unpaired) electrons. The second kappa shape index (κ2) is 7.56. The van der Waals surface area contributed by atoms with Crippen LogP contribution in [-0.4, -0.2) is 51.9 Å². The van der Waals surface area contributed by atoms with Crippen LogP contribution in [0.2, 0.25) is 0 Å². The lowest BCUT2D eigenvalue weighted by Crippen LogP contribution is -2.38. The van der Waals surface area contributed by atoms with Crippen LogP contribution in [0, 0.1) is 0 Å². The number of amides is 2. The Morgan fingerprint density at radius 3 is 1.44 bits per heavy atom. The van der Waals surface area contributed by atoms with E-state index < -0.39 is 0 Å². The number of hydrogen-bond acceptors (Lipinski definition) is 5. The van der Waals surface area contributed by atoms with Gasteiger partial charge in [0, 0.05) is 27.9 Å². The van der Waals surface area contributed by atoms with E-state index in [1.54, 1.807) is 14.1 Å². The van der Waals surface area contributed by atoms with Crippen LogP contribution in [0.5, 0.6) is 0 Å². The Balaban J connectivity index is 4.00. The molecule has 0 heterocycles. The SMILES string of the molecule is CC(=O)SCN(C)C(=O)N(C)CSC(C)=O. The Bertz CT molecular complexity index is 258. The molecule has 16 heavy (non-hydrogen) atoms. The maximum absolute atomic E-state index is 11.7. The number of hydrogen-bond donors (Lipinski definition) is 0. The molecule has 0 aromatic heterocycles. The molecule has 0 saturated heterocycles. The van der Waals surface area contributed by atoms with Crippen molar-refractivity contribution >= 4 is 39.8 Å². The van der Waals surface area contributed by atoms with E-state index in [1.807, 2.05) is 0 Å². The lowest BCUT2D eigenvalue weighted by molar-refractivity contribution is -0.109. The van der Waals surface area contributed by atoms with Crippen LogP contribution >= 0.6 is 23.5 Å². The number of rotatable bonds is 4. The normalized spacial score (nSPS) is 9.75. The molecule has 0 aliphatic heterocycles. The van der Waals surface area contributed by atoms with E-state index in [0.29, 0.717) is 11.8 Å². The minimum atomic E-state index is -0.206. The molecule has 92 valence electrons. The molecule has 0 unspecified atom stereocenters. The van der Waals surface area contributed by atoms with Crippen molar-refractivity contribution in [2.24, 2.45) is 0 Å². The maximum Gasteiger partial charge on any atom is 0.320 e. The van der Waals surface area contributed by atoms with Gasteiger partial charge in [-0.05, 0) is 0 Å². The Morgan fingerprint density at radius 1 is 0.875 bits per heavy atom. The molecule has 0 fully saturated rings. The average Bonchev–Trinajstić information content (AvgIpc) is 2.21. The fraction of sp³-hybridized carbons (Fsp3) is 0.667. The van der Waals surface area contributed by atoms with E-state index in [1.165, 1.54) is 23.6 Å². The van der Waals surface area contributed by atoms with Crippen molar-refractivity contribution in [3.63, 3.8) is 0 Å². The summed E-state index contributed by atoms with van der Waals surface area (Å²) < 4.78 is 0. The van der Waals surface area contributed by atoms with E-state index in [-0.39, 0.29) is 16.3 Å². The summed E-state index contributed by atoms with van der Waals surface area (Å²) >= 11 is 2.15. The van der Waals surface area contributed by atoms with Crippen molar-refractivity contribution in [2.75, 3.05) is 25.8 Å². The van der Waals surface area contributed by atoms with E-state index in [4.69, 9.17) is 0 Å². The van der Waals surface area contributed by atoms with Crippen LogP contribution < -0.4 is 0 Å². The largest absolute Gasteiger partial charge is 0.320 e. The van der Waals surface area contributed by atoms with Crippen LogP contribution in [-0.2, 0) is 9.59 Å². The Hall–Kier alpha value is -0.690. The molecular formula is C9H16N2O3S2. The first kappa shape index (κ1) is 15.3. The summed E-state index contributed by atoms with van der Waals surface area (Å²) in [5.41, 5.74) is 0. The van der Waals surface area contributed by atoms with Crippen LogP contribution in [0.1, 0.15) is 13.8 Å². The highest BCUT2D eigenvalue weighted by Gasteiger charge is 2.14. The summed E-state index contributed by atoms with van der Waals surface area (Å²) in [5.74, 6) is 0.645. The molecule has 2 amide bonds. The van der Waals surface area contributed by atoms with Gasteiger partial charge < -0.3 is 9.80 Å². The number of thioether (sulfide) groups is 2. The van der Waals surface area contributed by atoms with Gasteiger partial charge in [0.25, 0.3) is 0 Å². The van der Waals surface area contributed by atoms with Crippen molar-refractivity contribution in [2.45, 2.75) is 13.8 Å². The summed E-state index contributed by atoms with van der Waals surface area (Å²) in [6.45, 7) is 2.91. The molecule has 0 bridgehead atoms. The van der Waals surface area contributed by atoms with Gasteiger partial charge in [-0.1, -0.05) is 23.5 Å². The molecule has 0 N–H and O–H groups in total. The third-order valence-corrected chi connectivity index (χ3v) is 3.42. The lowest BCUT2D eigenvalue weighted by atomic mass is 10.7. The molecule has 0 aliphatic carbocycles. The van der Waals surface area contributed by atoms with E-state index in [2.05, 4.69) is 0 Å². The summed E-state index contributed by atoms with van der Waals surface area (Å²) in [4.78, 5) is 36.0. The van der Waals surface area contributed by atoms with Gasteiger partial charge in [0.15, 0.2) is 10.2 Å². The first-order chi connectivity index (χ1) is 7.34. The summed E-state index contributed by atoms with van der Waals surface area (Å²) in [5, 5.41) is -0.0548. The first-order valence-electron chi connectivity index (χ1n) is 4.57. The molecule has 0 saturated carbocycles. The van der Waals surface area contributed by atoms with Crippen LogP contribution in [0.4, 0.5) is 4.79 Å². The molecule has 7 heteroatoms. The monoisotopic (exact) mass is 264 g/mol.